The molecule has 0 saturated heterocycles. The van der Waals surface area contributed by atoms with Crippen molar-refractivity contribution >= 4 is 37.1 Å². The van der Waals surface area contributed by atoms with Gasteiger partial charge in [-0.3, -0.25) is 0 Å². The molecule has 5 rings (SSSR count). The average molecular weight is 493 g/mol. The predicted molar refractivity (Wildman–Crippen MR) is 130 cm³/mol. The lowest BCUT2D eigenvalue weighted by atomic mass is 9.70. The highest BCUT2D eigenvalue weighted by Gasteiger charge is 2.35. The largest absolute Gasteiger partial charge is 0.419 e. The Kier molecular flexibility index (Phi) is 6.47. The number of halogens is 5. The summed E-state index contributed by atoms with van der Waals surface area (Å²) in [7, 11) is 0. The number of hydrogen-bond acceptors (Lipinski definition) is 1. The van der Waals surface area contributed by atoms with Gasteiger partial charge in [-0.2, -0.15) is 13.2 Å². The second-order valence-corrected chi connectivity index (χ2v) is 11.1. The maximum absolute atomic E-state index is 15.6. The van der Waals surface area contributed by atoms with Gasteiger partial charge in [0.2, 0.25) is 0 Å². The summed E-state index contributed by atoms with van der Waals surface area (Å²) in [4.78, 5) is 0. The number of hydrogen-bond donors (Lipinski definition) is 0. The number of allylic oxidation sites excluding steroid dienone is 2. The van der Waals surface area contributed by atoms with Crippen molar-refractivity contribution < 1.29 is 22.0 Å². The third-order valence-electron chi connectivity index (χ3n) is 8.05. The molecule has 1 heterocycles. The maximum Gasteiger partial charge on any atom is 0.419 e. The summed E-state index contributed by atoms with van der Waals surface area (Å²) in [6.45, 7) is 2.26. The molecule has 0 spiro atoms. The fourth-order valence-corrected chi connectivity index (χ4v) is 7.37. The van der Waals surface area contributed by atoms with Crippen LogP contribution in [0.4, 0.5) is 22.0 Å². The summed E-state index contributed by atoms with van der Waals surface area (Å²) in [6, 6.07) is 5.43. The van der Waals surface area contributed by atoms with Crippen molar-refractivity contribution in [3.05, 3.63) is 53.1 Å². The van der Waals surface area contributed by atoms with Crippen LogP contribution in [0.5, 0.6) is 0 Å². The van der Waals surface area contributed by atoms with Gasteiger partial charge in [0.05, 0.1) is 15.0 Å². The normalized spacial score (nSPS) is 24.1. The number of benzene rings is 2. The Morgan fingerprint density at radius 2 is 1.53 bits per heavy atom. The van der Waals surface area contributed by atoms with E-state index in [1.54, 1.807) is 12.1 Å². The van der Waals surface area contributed by atoms with Crippen LogP contribution in [0.1, 0.15) is 75.8 Å². The van der Waals surface area contributed by atoms with Crippen molar-refractivity contribution in [3.63, 3.8) is 0 Å². The van der Waals surface area contributed by atoms with E-state index in [0.29, 0.717) is 22.3 Å². The highest BCUT2D eigenvalue weighted by molar-refractivity contribution is 7.25. The fraction of sp³-hybridized carbons (Fsp3) is 0.500. The topological polar surface area (TPSA) is 0 Å². The summed E-state index contributed by atoms with van der Waals surface area (Å²) < 4.78 is 69.6. The summed E-state index contributed by atoms with van der Waals surface area (Å²) in [5, 5.41) is 0.791. The minimum Gasteiger partial charge on any atom is -0.205 e. The first-order valence-electron chi connectivity index (χ1n) is 12.4. The molecule has 0 bridgehead atoms. The van der Waals surface area contributed by atoms with E-state index >= 15 is 4.39 Å². The molecule has 0 amide bonds. The number of alkyl halides is 3. The van der Waals surface area contributed by atoms with Crippen molar-refractivity contribution in [1.29, 1.82) is 0 Å². The van der Waals surface area contributed by atoms with Crippen LogP contribution in [-0.4, -0.2) is 0 Å². The predicted octanol–water partition coefficient (Wildman–Crippen LogP) is 10.1. The summed E-state index contributed by atoms with van der Waals surface area (Å²) in [6.07, 6.45) is 8.03. The van der Waals surface area contributed by atoms with Gasteiger partial charge in [0, 0.05) is 16.3 Å². The quantitative estimate of drug-likeness (QED) is 0.318. The Morgan fingerprint density at radius 1 is 0.853 bits per heavy atom. The van der Waals surface area contributed by atoms with Gasteiger partial charge in [-0.15, -0.1) is 11.3 Å². The Labute approximate surface area is 200 Å². The molecule has 6 heteroatoms. The molecule has 2 aromatic carbocycles. The second-order valence-electron chi connectivity index (χ2n) is 10.0. The third kappa shape index (κ3) is 4.27. The molecule has 0 aliphatic heterocycles. The van der Waals surface area contributed by atoms with Gasteiger partial charge in [-0.1, -0.05) is 56.9 Å². The van der Waals surface area contributed by atoms with Crippen molar-refractivity contribution in [1.82, 2.24) is 0 Å². The lowest BCUT2D eigenvalue weighted by Crippen LogP contribution is -2.23. The SMILES string of the molecule is CCCC1CCC([C@H]2CC=C(c3ccc4c(sc5c(F)c(C(F)(F)F)ccc54)c3F)CC2)CC1. The highest BCUT2D eigenvalue weighted by atomic mass is 32.1. The van der Waals surface area contributed by atoms with Gasteiger partial charge in [0.15, 0.2) is 5.82 Å². The van der Waals surface area contributed by atoms with Crippen molar-refractivity contribution in [2.45, 2.75) is 70.9 Å². The lowest BCUT2D eigenvalue weighted by molar-refractivity contribution is -0.139. The summed E-state index contributed by atoms with van der Waals surface area (Å²) in [5.41, 5.74) is 0.154. The molecule has 1 atom stereocenters. The molecule has 182 valence electrons. The lowest BCUT2D eigenvalue weighted by Gasteiger charge is -2.35. The van der Waals surface area contributed by atoms with Crippen LogP contribution < -0.4 is 0 Å². The molecule has 0 unspecified atom stereocenters. The van der Waals surface area contributed by atoms with Gasteiger partial charge >= 0.3 is 6.18 Å². The number of fused-ring (bicyclic) bond motifs is 3. The summed E-state index contributed by atoms with van der Waals surface area (Å²) >= 11 is 0.773. The number of rotatable bonds is 4. The van der Waals surface area contributed by atoms with E-state index < -0.39 is 23.4 Å². The van der Waals surface area contributed by atoms with E-state index in [-0.39, 0.29) is 9.40 Å². The van der Waals surface area contributed by atoms with E-state index in [2.05, 4.69) is 13.0 Å². The molecule has 2 aliphatic carbocycles. The van der Waals surface area contributed by atoms with Crippen LogP contribution in [-0.2, 0) is 6.18 Å². The van der Waals surface area contributed by atoms with Gasteiger partial charge in [0.25, 0.3) is 0 Å². The fourth-order valence-electron chi connectivity index (χ4n) is 6.19. The average Bonchev–Trinajstić information content (AvgIpc) is 3.20. The molecular weight excluding hydrogens is 463 g/mol. The zero-order valence-corrected chi connectivity index (χ0v) is 20.1. The van der Waals surface area contributed by atoms with E-state index in [4.69, 9.17) is 0 Å². The molecule has 3 aromatic rings. The first kappa shape index (κ1) is 23.8. The van der Waals surface area contributed by atoms with Gasteiger partial charge in [-0.25, -0.2) is 8.78 Å². The molecule has 0 nitrogen and oxygen atoms in total. The molecule has 1 saturated carbocycles. The zero-order chi connectivity index (χ0) is 24.0. The molecule has 34 heavy (non-hydrogen) atoms. The first-order valence-corrected chi connectivity index (χ1v) is 13.2. The highest BCUT2D eigenvalue weighted by Crippen LogP contribution is 2.45. The molecular formula is C28H29F5S. The molecule has 0 radical (unpaired) electrons. The molecule has 0 N–H and O–H groups in total. The Hall–Kier alpha value is -1.95. The van der Waals surface area contributed by atoms with Crippen LogP contribution in [0.15, 0.2) is 30.3 Å². The van der Waals surface area contributed by atoms with Gasteiger partial charge in [0.1, 0.15) is 5.82 Å². The molecule has 1 aromatic heterocycles. The van der Waals surface area contributed by atoms with Crippen LogP contribution in [0.2, 0.25) is 0 Å². The van der Waals surface area contributed by atoms with Gasteiger partial charge in [-0.05, 0) is 61.5 Å². The standard InChI is InChI=1S/C28H29F5S/c1-2-3-16-4-6-17(7-5-16)18-8-10-19(11-9-18)20-12-13-21-22-14-15-23(28(31,32)33)25(30)27(22)34-26(21)24(20)29/h10,12-18H,2-9,11H2,1H3/t16?,17?,18-/m0/s1. The summed E-state index contributed by atoms with van der Waals surface area (Å²) in [5.74, 6) is 0.524. The third-order valence-corrected chi connectivity index (χ3v) is 9.25. The number of thiophene rings is 1. The first-order chi connectivity index (χ1) is 16.3. The monoisotopic (exact) mass is 492 g/mol. The Balaban J connectivity index is 1.40. The van der Waals surface area contributed by atoms with Crippen LogP contribution in [0.3, 0.4) is 0 Å². The van der Waals surface area contributed by atoms with Crippen molar-refractivity contribution in [2.75, 3.05) is 0 Å². The van der Waals surface area contributed by atoms with E-state index in [1.807, 2.05) is 0 Å². The smallest absolute Gasteiger partial charge is 0.205 e. The zero-order valence-electron chi connectivity index (χ0n) is 19.3. The Bertz CT molecular complexity index is 1230. The van der Waals surface area contributed by atoms with Crippen molar-refractivity contribution in [2.24, 2.45) is 17.8 Å². The minimum absolute atomic E-state index is 0.141. The van der Waals surface area contributed by atoms with Crippen LogP contribution in [0.25, 0.3) is 25.7 Å². The maximum atomic E-state index is 15.6. The van der Waals surface area contributed by atoms with E-state index in [0.717, 1.165) is 54.1 Å². The van der Waals surface area contributed by atoms with Gasteiger partial charge < -0.3 is 0 Å². The Morgan fingerprint density at radius 3 is 2.15 bits per heavy atom. The van der Waals surface area contributed by atoms with Crippen molar-refractivity contribution in [3.8, 4) is 0 Å². The molecule has 1 fully saturated rings. The minimum atomic E-state index is -4.78. The van der Waals surface area contributed by atoms with Crippen LogP contribution in [0, 0.1) is 29.4 Å². The van der Waals surface area contributed by atoms with E-state index in [9.17, 15) is 17.6 Å². The van der Waals surface area contributed by atoms with Crippen LogP contribution >= 0.6 is 11.3 Å². The molecule has 2 aliphatic rings. The second kappa shape index (κ2) is 9.25. The van der Waals surface area contributed by atoms with E-state index in [1.165, 1.54) is 44.6 Å².